The Hall–Kier alpha value is 0.140. The van der Waals surface area contributed by atoms with Gasteiger partial charge in [-0.1, -0.05) is 42.1 Å². The molecule has 1 aromatic carbocycles. The average Bonchev–Trinajstić information content (AvgIpc) is 2.51. The number of rotatable bonds is 8. The number of ether oxygens (including phenoxy) is 1. The Morgan fingerprint density at radius 2 is 1.91 bits per heavy atom. The highest BCUT2D eigenvalue weighted by Gasteiger charge is 2.32. The van der Waals surface area contributed by atoms with Gasteiger partial charge in [-0.3, -0.25) is 0 Å². The maximum absolute atomic E-state index is 5.59. The fourth-order valence-corrected chi connectivity index (χ4v) is 4.89. The Bertz CT molecular complexity index is 483. The van der Waals surface area contributed by atoms with Crippen molar-refractivity contribution >= 4 is 29.6 Å². The van der Waals surface area contributed by atoms with Gasteiger partial charge in [-0.2, -0.15) is 0 Å². The lowest BCUT2D eigenvalue weighted by molar-refractivity contribution is 0.0773. The van der Waals surface area contributed by atoms with Crippen LogP contribution in [0.5, 0.6) is 0 Å². The average molecular weight is 358 g/mol. The summed E-state index contributed by atoms with van der Waals surface area (Å²) in [5, 5.41) is 3.67. The molecule has 2 rings (SSSR count). The van der Waals surface area contributed by atoms with E-state index < -0.39 is 6.04 Å². The number of hydrogen-bond donors (Lipinski definition) is 1. The summed E-state index contributed by atoms with van der Waals surface area (Å²) in [4.78, 5) is 0. The van der Waals surface area contributed by atoms with Gasteiger partial charge in [0, 0.05) is 30.3 Å². The van der Waals surface area contributed by atoms with Crippen molar-refractivity contribution in [1.82, 2.24) is 5.32 Å². The van der Waals surface area contributed by atoms with Crippen molar-refractivity contribution in [1.29, 1.82) is 0 Å². The summed E-state index contributed by atoms with van der Waals surface area (Å²) in [6, 6.07) is 9.69. The molecule has 0 aromatic heterocycles. The zero-order chi connectivity index (χ0) is 15.9. The zero-order valence-corrected chi connectivity index (χ0v) is 16.2. The van der Waals surface area contributed by atoms with E-state index in [2.05, 4.69) is 60.7 Å². The van der Waals surface area contributed by atoms with E-state index in [9.17, 15) is 0 Å². The minimum Gasteiger partial charge on any atom is -0.381 e. The third-order valence-electron chi connectivity index (χ3n) is 4.07. The molecule has 0 unspecified atom stereocenters. The molecule has 1 heterocycles. The van der Waals surface area contributed by atoms with E-state index in [1.54, 1.807) is 0 Å². The molecule has 124 valence electrons. The second-order valence-electron chi connectivity index (χ2n) is 6.54. The molecule has 1 saturated heterocycles. The first kappa shape index (κ1) is 18.5. The van der Waals surface area contributed by atoms with Gasteiger partial charge >= 0.3 is 0 Å². The first-order chi connectivity index (χ1) is 10.5. The highest BCUT2D eigenvalue weighted by atomic mass is 32.4. The summed E-state index contributed by atoms with van der Waals surface area (Å²) >= 11 is 7.64. The molecule has 5 heteroatoms. The standard InChI is InChI=1S/C17H28NOPS2/c1-20(2,21)13-10-18-15-17(8-11-19-12-9-17)22-14-16-6-4-3-5-7-16/h3-7,18H,8-15H2,1-2H3. The van der Waals surface area contributed by atoms with Gasteiger partial charge in [0.1, 0.15) is 0 Å². The first-order valence-electron chi connectivity index (χ1n) is 8.00. The van der Waals surface area contributed by atoms with Gasteiger partial charge in [0.05, 0.1) is 0 Å². The number of hydrogen-bond acceptors (Lipinski definition) is 4. The Morgan fingerprint density at radius 1 is 1.23 bits per heavy atom. The number of benzene rings is 1. The lowest BCUT2D eigenvalue weighted by Gasteiger charge is -2.37. The molecule has 1 aromatic rings. The van der Waals surface area contributed by atoms with Crippen LogP contribution in [0, 0.1) is 0 Å². The Balaban J connectivity index is 1.85. The molecule has 2 nitrogen and oxygen atoms in total. The molecule has 0 saturated carbocycles. The van der Waals surface area contributed by atoms with Crippen LogP contribution in [0.3, 0.4) is 0 Å². The molecule has 0 spiro atoms. The molecule has 0 bridgehead atoms. The lowest BCUT2D eigenvalue weighted by atomic mass is 9.99. The van der Waals surface area contributed by atoms with Crippen LogP contribution in [0.15, 0.2) is 30.3 Å². The minimum atomic E-state index is -1.08. The third-order valence-corrected chi connectivity index (χ3v) is 7.56. The van der Waals surface area contributed by atoms with Crippen molar-refractivity contribution < 1.29 is 4.74 Å². The van der Waals surface area contributed by atoms with Crippen LogP contribution in [-0.4, -0.2) is 50.5 Å². The monoisotopic (exact) mass is 357 g/mol. The first-order valence-corrected chi connectivity index (χ1v) is 12.9. The Kier molecular flexibility index (Phi) is 7.43. The summed E-state index contributed by atoms with van der Waals surface area (Å²) in [6.45, 7) is 8.38. The highest BCUT2D eigenvalue weighted by Crippen LogP contribution is 2.38. The molecule has 0 amide bonds. The largest absolute Gasteiger partial charge is 0.381 e. The van der Waals surface area contributed by atoms with Crippen LogP contribution in [-0.2, 0) is 22.3 Å². The SMILES string of the molecule is CP(C)(=S)CCNCC1(SCc2ccccc2)CCOCC1. The molecule has 1 fully saturated rings. The second-order valence-corrected chi connectivity index (χ2v) is 14.5. The molecule has 0 radical (unpaired) electrons. The number of thioether (sulfide) groups is 1. The minimum absolute atomic E-state index is 0.318. The normalized spacial score (nSPS) is 18.3. The van der Waals surface area contributed by atoms with Crippen molar-refractivity contribution in [2.24, 2.45) is 0 Å². The predicted molar refractivity (Wildman–Crippen MR) is 104 cm³/mol. The van der Waals surface area contributed by atoms with E-state index in [-0.39, 0.29) is 0 Å². The predicted octanol–water partition coefficient (Wildman–Crippen LogP) is 3.80. The van der Waals surface area contributed by atoms with Gasteiger partial charge in [-0.05, 0) is 50.5 Å². The van der Waals surface area contributed by atoms with Gasteiger partial charge in [0.2, 0.25) is 0 Å². The van der Waals surface area contributed by atoms with Gasteiger partial charge in [0.15, 0.2) is 0 Å². The maximum Gasteiger partial charge on any atom is 0.0479 e. The van der Waals surface area contributed by atoms with Gasteiger partial charge in [-0.25, -0.2) is 0 Å². The van der Waals surface area contributed by atoms with Crippen molar-refractivity contribution in [3.63, 3.8) is 0 Å². The molecule has 22 heavy (non-hydrogen) atoms. The topological polar surface area (TPSA) is 21.3 Å². The van der Waals surface area contributed by atoms with Crippen LogP contribution < -0.4 is 5.32 Å². The van der Waals surface area contributed by atoms with Gasteiger partial charge in [-0.15, -0.1) is 11.8 Å². The summed E-state index contributed by atoms with van der Waals surface area (Å²) in [5.41, 5.74) is 1.41. The molecular formula is C17H28NOPS2. The van der Waals surface area contributed by atoms with Crippen molar-refractivity contribution in [3.8, 4) is 0 Å². The second kappa shape index (κ2) is 8.84. The third kappa shape index (κ3) is 6.72. The van der Waals surface area contributed by atoms with E-state index in [1.807, 2.05) is 0 Å². The summed E-state index contributed by atoms with van der Waals surface area (Å²) in [5.74, 6) is 1.09. The Labute approximate surface area is 144 Å². The van der Waals surface area contributed by atoms with E-state index >= 15 is 0 Å². The summed E-state index contributed by atoms with van der Waals surface area (Å²) < 4.78 is 5.90. The molecule has 0 aliphatic carbocycles. The van der Waals surface area contributed by atoms with E-state index in [0.717, 1.165) is 51.1 Å². The van der Waals surface area contributed by atoms with Crippen LogP contribution in [0.2, 0.25) is 0 Å². The van der Waals surface area contributed by atoms with Crippen LogP contribution >= 0.6 is 17.8 Å². The zero-order valence-electron chi connectivity index (χ0n) is 13.7. The summed E-state index contributed by atoms with van der Waals surface area (Å²) in [7, 11) is 0. The van der Waals surface area contributed by atoms with E-state index in [1.165, 1.54) is 5.56 Å². The summed E-state index contributed by atoms with van der Waals surface area (Å²) in [6.07, 6.45) is 3.44. The fraction of sp³-hybridized carbons (Fsp3) is 0.647. The fourth-order valence-electron chi connectivity index (χ4n) is 2.59. The highest BCUT2D eigenvalue weighted by molar-refractivity contribution is 8.14. The molecular weight excluding hydrogens is 329 g/mol. The van der Waals surface area contributed by atoms with Gasteiger partial charge in [0.25, 0.3) is 0 Å². The van der Waals surface area contributed by atoms with Crippen molar-refractivity contribution in [3.05, 3.63) is 35.9 Å². The lowest BCUT2D eigenvalue weighted by Crippen LogP contribution is -2.43. The van der Waals surface area contributed by atoms with Crippen molar-refractivity contribution in [2.45, 2.75) is 23.3 Å². The van der Waals surface area contributed by atoms with Crippen molar-refractivity contribution in [2.75, 3.05) is 45.8 Å². The smallest absolute Gasteiger partial charge is 0.0479 e. The van der Waals surface area contributed by atoms with E-state index in [4.69, 9.17) is 16.5 Å². The quantitative estimate of drug-likeness (QED) is 0.564. The molecule has 1 aliphatic heterocycles. The van der Waals surface area contributed by atoms with Crippen LogP contribution in [0.1, 0.15) is 18.4 Å². The maximum atomic E-state index is 5.59. The van der Waals surface area contributed by atoms with Gasteiger partial charge < -0.3 is 10.1 Å². The van der Waals surface area contributed by atoms with E-state index in [0.29, 0.717) is 4.75 Å². The molecule has 1 N–H and O–H groups in total. The number of nitrogens with one attached hydrogen (secondary N) is 1. The molecule has 1 aliphatic rings. The van der Waals surface area contributed by atoms with Crippen LogP contribution in [0.4, 0.5) is 0 Å². The Morgan fingerprint density at radius 3 is 2.55 bits per heavy atom. The van der Waals surface area contributed by atoms with Crippen LogP contribution in [0.25, 0.3) is 0 Å². The molecule has 0 atom stereocenters.